The standard InChI is InChI=1S/C22H26N4O3/c1-28-17-10-9-15(20(12-17)29-2)13-23-21(27)16-6-5-11-26(14-16)22-24-18-7-3-4-8-19(18)25-22/h3-4,7-10,12,16H,5-6,11,13-14H2,1-2H3,(H,23,27)(H,24,25). The lowest BCUT2D eigenvalue weighted by Crippen LogP contribution is -2.43. The number of anilines is 1. The van der Waals surface area contributed by atoms with Gasteiger partial charge in [0.25, 0.3) is 0 Å². The number of nitrogens with one attached hydrogen (secondary N) is 2. The SMILES string of the molecule is COc1ccc(CNC(=O)C2CCCN(c3nc4ccccc4[nH]3)C2)c(OC)c1. The maximum Gasteiger partial charge on any atom is 0.225 e. The fraction of sp³-hybridized carbons (Fsp3) is 0.364. The zero-order valence-electron chi connectivity index (χ0n) is 16.8. The second-order valence-electron chi connectivity index (χ2n) is 7.26. The van der Waals surface area contributed by atoms with E-state index in [9.17, 15) is 4.79 Å². The Balaban J connectivity index is 1.40. The van der Waals surface area contributed by atoms with Gasteiger partial charge in [0.2, 0.25) is 11.9 Å². The first-order valence-corrected chi connectivity index (χ1v) is 9.86. The molecule has 2 N–H and O–H groups in total. The van der Waals surface area contributed by atoms with Crippen LogP contribution in [0.1, 0.15) is 18.4 Å². The van der Waals surface area contributed by atoms with E-state index in [4.69, 9.17) is 9.47 Å². The van der Waals surface area contributed by atoms with Gasteiger partial charge in [0.15, 0.2) is 0 Å². The predicted molar refractivity (Wildman–Crippen MR) is 112 cm³/mol. The lowest BCUT2D eigenvalue weighted by atomic mass is 9.97. The van der Waals surface area contributed by atoms with Gasteiger partial charge in [0.1, 0.15) is 11.5 Å². The van der Waals surface area contributed by atoms with E-state index in [1.54, 1.807) is 14.2 Å². The number of ether oxygens (including phenoxy) is 2. The van der Waals surface area contributed by atoms with Crippen molar-refractivity contribution in [2.24, 2.45) is 5.92 Å². The lowest BCUT2D eigenvalue weighted by Gasteiger charge is -2.31. The third-order valence-electron chi connectivity index (χ3n) is 5.42. The molecule has 0 spiro atoms. The second kappa shape index (κ2) is 8.43. The summed E-state index contributed by atoms with van der Waals surface area (Å²) in [5.74, 6) is 2.26. The molecule has 0 aliphatic carbocycles. The van der Waals surface area contributed by atoms with E-state index in [1.807, 2.05) is 42.5 Å². The number of rotatable bonds is 6. The average molecular weight is 394 g/mol. The van der Waals surface area contributed by atoms with Crippen LogP contribution in [-0.4, -0.2) is 43.2 Å². The molecule has 1 aliphatic heterocycles. The first kappa shape index (κ1) is 19.1. The number of nitrogens with zero attached hydrogens (tertiary/aromatic N) is 2. The Hall–Kier alpha value is -3.22. The monoisotopic (exact) mass is 394 g/mol. The first-order valence-electron chi connectivity index (χ1n) is 9.86. The van der Waals surface area contributed by atoms with Crippen LogP contribution in [0, 0.1) is 5.92 Å². The van der Waals surface area contributed by atoms with Crippen LogP contribution in [0.5, 0.6) is 11.5 Å². The fourth-order valence-corrected chi connectivity index (χ4v) is 3.80. The quantitative estimate of drug-likeness (QED) is 0.672. The van der Waals surface area contributed by atoms with Crippen LogP contribution in [0.25, 0.3) is 11.0 Å². The van der Waals surface area contributed by atoms with Crippen LogP contribution in [0.2, 0.25) is 0 Å². The topological polar surface area (TPSA) is 79.5 Å². The van der Waals surface area contributed by atoms with Crippen molar-refractivity contribution in [1.82, 2.24) is 15.3 Å². The van der Waals surface area contributed by atoms with Crippen molar-refractivity contribution in [1.29, 1.82) is 0 Å². The third kappa shape index (κ3) is 4.13. The van der Waals surface area contributed by atoms with Crippen LogP contribution in [-0.2, 0) is 11.3 Å². The van der Waals surface area contributed by atoms with Crippen LogP contribution < -0.4 is 19.7 Å². The number of hydrogen-bond donors (Lipinski definition) is 2. The number of aromatic nitrogens is 2. The van der Waals surface area contributed by atoms with Gasteiger partial charge in [-0.3, -0.25) is 4.79 Å². The Morgan fingerprint density at radius 2 is 2.10 bits per heavy atom. The van der Waals surface area contributed by atoms with Crippen molar-refractivity contribution in [2.75, 3.05) is 32.2 Å². The van der Waals surface area contributed by atoms with Crippen LogP contribution in [0.4, 0.5) is 5.95 Å². The summed E-state index contributed by atoms with van der Waals surface area (Å²) in [6.07, 6.45) is 1.84. The third-order valence-corrected chi connectivity index (χ3v) is 5.42. The molecule has 0 radical (unpaired) electrons. The van der Waals surface area contributed by atoms with Gasteiger partial charge in [-0.15, -0.1) is 0 Å². The minimum Gasteiger partial charge on any atom is -0.497 e. The summed E-state index contributed by atoms with van der Waals surface area (Å²) >= 11 is 0. The second-order valence-corrected chi connectivity index (χ2v) is 7.26. The zero-order chi connectivity index (χ0) is 20.2. The number of para-hydroxylation sites is 2. The molecule has 2 aromatic carbocycles. The number of aromatic amines is 1. The van der Waals surface area contributed by atoms with Crippen LogP contribution >= 0.6 is 0 Å². The molecular formula is C22H26N4O3. The van der Waals surface area contributed by atoms with Crippen molar-refractivity contribution in [3.05, 3.63) is 48.0 Å². The summed E-state index contributed by atoms with van der Waals surface area (Å²) < 4.78 is 10.6. The van der Waals surface area contributed by atoms with E-state index in [0.29, 0.717) is 18.8 Å². The van der Waals surface area contributed by atoms with Crippen molar-refractivity contribution < 1.29 is 14.3 Å². The highest BCUT2D eigenvalue weighted by Crippen LogP contribution is 2.26. The molecule has 1 fully saturated rings. The number of imidazole rings is 1. The van der Waals surface area contributed by atoms with Gasteiger partial charge in [-0.25, -0.2) is 4.98 Å². The molecule has 4 rings (SSSR count). The molecule has 3 aromatic rings. The maximum atomic E-state index is 12.8. The molecule has 1 amide bonds. The van der Waals surface area contributed by atoms with E-state index < -0.39 is 0 Å². The lowest BCUT2D eigenvalue weighted by molar-refractivity contribution is -0.125. The van der Waals surface area contributed by atoms with Gasteiger partial charge in [0, 0.05) is 31.3 Å². The Labute approximate surface area is 170 Å². The molecule has 152 valence electrons. The van der Waals surface area contributed by atoms with Gasteiger partial charge >= 0.3 is 0 Å². The number of methoxy groups -OCH3 is 2. The van der Waals surface area contributed by atoms with Gasteiger partial charge in [0.05, 0.1) is 31.2 Å². The van der Waals surface area contributed by atoms with Crippen molar-refractivity contribution >= 4 is 22.9 Å². The van der Waals surface area contributed by atoms with E-state index in [0.717, 1.165) is 47.7 Å². The number of amides is 1. The largest absolute Gasteiger partial charge is 0.497 e. The highest BCUT2D eigenvalue weighted by atomic mass is 16.5. The van der Waals surface area contributed by atoms with Gasteiger partial charge in [-0.1, -0.05) is 12.1 Å². The van der Waals surface area contributed by atoms with E-state index in [2.05, 4.69) is 20.2 Å². The number of fused-ring (bicyclic) bond motifs is 1. The predicted octanol–water partition coefficient (Wildman–Crippen LogP) is 3.11. The summed E-state index contributed by atoms with van der Waals surface area (Å²) in [5.41, 5.74) is 2.88. The Kier molecular flexibility index (Phi) is 5.55. The minimum atomic E-state index is -0.0683. The summed E-state index contributed by atoms with van der Waals surface area (Å²) in [5, 5.41) is 3.06. The van der Waals surface area contributed by atoms with Gasteiger partial charge in [-0.2, -0.15) is 0 Å². The van der Waals surface area contributed by atoms with E-state index in [1.165, 1.54) is 0 Å². The zero-order valence-corrected chi connectivity index (χ0v) is 16.8. The summed E-state index contributed by atoms with van der Waals surface area (Å²) in [4.78, 5) is 23.0. The average Bonchev–Trinajstić information content (AvgIpc) is 3.22. The maximum absolute atomic E-state index is 12.8. The minimum absolute atomic E-state index is 0.0590. The van der Waals surface area contributed by atoms with Crippen molar-refractivity contribution in [3.8, 4) is 11.5 Å². The number of H-pyrrole nitrogens is 1. The van der Waals surface area contributed by atoms with Crippen LogP contribution in [0.3, 0.4) is 0 Å². The summed E-state index contributed by atoms with van der Waals surface area (Å²) in [6, 6.07) is 13.6. The molecule has 7 nitrogen and oxygen atoms in total. The summed E-state index contributed by atoms with van der Waals surface area (Å²) in [6.45, 7) is 1.98. The normalized spacial score (nSPS) is 16.6. The Morgan fingerprint density at radius 3 is 2.90 bits per heavy atom. The molecule has 1 saturated heterocycles. The molecule has 7 heteroatoms. The molecule has 0 bridgehead atoms. The number of hydrogen-bond acceptors (Lipinski definition) is 5. The molecule has 1 unspecified atom stereocenters. The summed E-state index contributed by atoms with van der Waals surface area (Å²) in [7, 11) is 3.24. The molecule has 2 heterocycles. The fourth-order valence-electron chi connectivity index (χ4n) is 3.80. The number of piperidine rings is 1. The highest BCUT2D eigenvalue weighted by Gasteiger charge is 2.27. The van der Waals surface area contributed by atoms with Crippen molar-refractivity contribution in [2.45, 2.75) is 19.4 Å². The van der Waals surface area contributed by atoms with E-state index >= 15 is 0 Å². The van der Waals surface area contributed by atoms with E-state index in [-0.39, 0.29) is 11.8 Å². The molecule has 1 atom stereocenters. The number of carbonyl (C=O) groups is 1. The number of carbonyl (C=O) groups excluding carboxylic acids is 1. The molecule has 0 saturated carbocycles. The molecule has 1 aromatic heterocycles. The molecular weight excluding hydrogens is 368 g/mol. The first-order chi connectivity index (χ1) is 14.2. The molecule has 29 heavy (non-hydrogen) atoms. The molecule has 1 aliphatic rings. The van der Waals surface area contributed by atoms with Gasteiger partial charge in [-0.05, 0) is 37.1 Å². The Morgan fingerprint density at radius 1 is 1.24 bits per heavy atom. The smallest absolute Gasteiger partial charge is 0.225 e. The highest BCUT2D eigenvalue weighted by molar-refractivity contribution is 5.80. The Bertz CT molecular complexity index is 968. The van der Waals surface area contributed by atoms with Gasteiger partial charge < -0.3 is 24.7 Å². The van der Waals surface area contributed by atoms with Crippen molar-refractivity contribution in [3.63, 3.8) is 0 Å². The number of benzene rings is 2. The van der Waals surface area contributed by atoms with Crippen LogP contribution in [0.15, 0.2) is 42.5 Å².